The first-order valence-electron chi connectivity index (χ1n) is 12.3. The maximum absolute atomic E-state index is 11.5. The van der Waals surface area contributed by atoms with Crippen molar-refractivity contribution in [2.24, 2.45) is 52.3 Å². The zero-order valence-electron chi connectivity index (χ0n) is 19.1. The van der Waals surface area contributed by atoms with Crippen LogP contribution in [0.2, 0.25) is 0 Å². The van der Waals surface area contributed by atoms with Crippen molar-refractivity contribution < 1.29 is 5.11 Å². The van der Waals surface area contributed by atoms with Gasteiger partial charge in [-0.1, -0.05) is 39.3 Å². The summed E-state index contributed by atoms with van der Waals surface area (Å²) in [6.07, 6.45) is 10.3. The number of hydrogen-bond acceptors (Lipinski definition) is 2. The van der Waals surface area contributed by atoms with Crippen molar-refractivity contribution >= 4 is 0 Å². The molecule has 1 spiro atoms. The molecule has 28 heavy (non-hydrogen) atoms. The first-order chi connectivity index (χ1) is 13.2. The molecule has 2 nitrogen and oxygen atoms in total. The molecule has 1 N–H and O–H groups in total. The highest BCUT2D eigenvalue weighted by Gasteiger charge is 2.67. The summed E-state index contributed by atoms with van der Waals surface area (Å²) in [5, 5.41) is 11.5. The van der Waals surface area contributed by atoms with Gasteiger partial charge in [0, 0.05) is 12.6 Å². The summed E-state index contributed by atoms with van der Waals surface area (Å²) < 4.78 is 0. The summed E-state index contributed by atoms with van der Waals surface area (Å²) in [5.41, 5.74) is 2.46. The Labute approximate surface area is 173 Å². The molecule has 0 aromatic rings. The number of aliphatic hydroxyl groups excluding tert-OH is 1. The van der Waals surface area contributed by atoms with Crippen LogP contribution in [0.1, 0.15) is 73.1 Å². The molecule has 5 rings (SSSR count). The molecule has 4 aliphatic carbocycles. The van der Waals surface area contributed by atoms with Crippen molar-refractivity contribution in [1.29, 1.82) is 0 Å². The summed E-state index contributed by atoms with van der Waals surface area (Å²) in [5.74, 6) is 5.17. The second-order valence-electron chi connectivity index (χ2n) is 12.3. The second kappa shape index (κ2) is 6.33. The van der Waals surface area contributed by atoms with Gasteiger partial charge in [-0.25, -0.2) is 0 Å². The fourth-order valence-electron chi connectivity index (χ4n) is 9.58. The van der Waals surface area contributed by atoms with E-state index in [4.69, 9.17) is 0 Å². The third kappa shape index (κ3) is 2.40. The highest BCUT2D eigenvalue weighted by molar-refractivity contribution is 5.29. The molecule has 1 heterocycles. The minimum Gasteiger partial charge on any atom is -0.389 e. The molecular formula is C26H43NO. The molecule has 2 heteroatoms. The number of likely N-dealkylation sites (tertiary alicyclic amines) is 1. The summed E-state index contributed by atoms with van der Waals surface area (Å²) in [6.45, 7) is 13.6. The summed E-state index contributed by atoms with van der Waals surface area (Å²) >= 11 is 0. The molecule has 0 aromatic carbocycles. The van der Waals surface area contributed by atoms with Gasteiger partial charge in [0.2, 0.25) is 0 Å². The van der Waals surface area contributed by atoms with Gasteiger partial charge in [-0.3, -0.25) is 0 Å². The minimum absolute atomic E-state index is 0.201. The lowest BCUT2D eigenvalue weighted by atomic mass is 9.46. The molecular weight excluding hydrogens is 342 g/mol. The summed E-state index contributed by atoms with van der Waals surface area (Å²) in [4.78, 5) is 2.64. The Morgan fingerprint density at radius 2 is 1.89 bits per heavy atom. The number of aliphatic hydroxyl groups is 1. The lowest BCUT2D eigenvalue weighted by Crippen LogP contribution is -2.55. The number of hydrogen-bond donors (Lipinski definition) is 1. The Morgan fingerprint density at radius 1 is 1.14 bits per heavy atom. The third-order valence-corrected chi connectivity index (χ3v) is 11.0. The van der Waals surface area contributed by atoms with Gasteiger partial charge >= 0.3 is 0 Å². The van der Waals surface area contributed by atoms with Crippen molar-refractivity contribution in [3.05, 3.63) is 11.6 Å². The Kier molecular flexibility index (Phi) is 4.43. The van der Waals surface area contributed by atoms with Crippen LogP contribution in [-0.2, 0) is 0 Å². The van der Waals surface area contributed by atoms with Crippen molar-refractivity contribution in [3.8, 4) is 0 Å². The fraction of sp³-hybridized carbons (Fsp3) is 0.923. The van der Waals surface area contributed by atoms with Gasteiger partial charge in [0.05, 0.1) is 6.10 Å². The summed E-state index contributed by atoms with van der Waals surface area (Å²) in [6, 6.07) is 0.709. The maximum atomic E-state index is 11.5. The third-order valence-electron chi connectivity index (χ3n) is 11.0. The van der Waals surface area contributed by atoms with Crippen LogP contribution in [0.25, 0.3) is 0 Å². The van der Waals surface area contributed by atoms with Crippen LogP contribution >= 0.6 is 0 Å². The number of nitrogens with zero attached hydrogens (tertiary/aromatic N) is 1. The van der Waals surface area contributed by atoms with Gasteiger partial charge < -0.3 is 10.0 Å². The van der Waals surface area contributed by atoms with Crippen LogP contribution in [0, 0.1) is 52.3 Å². The van der Waals surface area contributed by atoms with E-state index in [9.17, 15) is 5.11 Å². The molecule has 1 saturated heterocycles. The van der Waals surface area contributed by atoms with E-state index in [0.29, 0.717) is 28.7 Å². The average molecular weight is 386 g/mol. The van der Waals surface area contributed by atoms with Gasteiger partial charge in [-0.05, 0) is 105 Å². The van der Waals surface area contributed by atoms with E-state index < -0.39 is 0 Å². The Hall–Kier alpha value is -0.340. The fourth-order valence-corrected chi connectivity index (χ4v) is 9.58. The SMILES string of the molecule is CC(C)[C@H]1CC[C@@]2(C)C(=CC(O)C3C4CC(C)[C@@H]5C(C)N(C)C[C@]45CCC32)C1. The Morgan fingerprint density at radius 3 is 2.61 bits per heavy atom. The lowest BCUT2D eigenvalue weighted by molar-refractivity contribution is -0.0886. The van der Waals surface area contributed by atoms with Gasteiger partial charge in [0.25, 0.3) is 0 Å². The Balaban J connectivity index is 1.51. The quantitative estimate of drug-likeness (QED) is 0.614. The van der Waals surface area contributed by atoms with E-state index in [1.807, 2.05) is 0 Å². The average Bonchev–Trinajstić information content (AvgIpc) is 3.05. The largest absolute Gasteiger partial charge is 0.389 e. The molecule has 0 radical (unpaired) electrons. The van der Waals surface area contributed by atoms with Crippen molar-refractivity contribution in [3.63, 3.8) is 0 Å². The van der Waals surface area contributed by atoms with Crippen molar-refractivity contribution in [2.75, 3.05) is 13.6 Å². The molecule has 10 atom stereocenters. The zero-order chi connectivity index (χ0) is 20.0. The predicted octanol–water partition coefficient (Wildman–Crippen LogP) is 5.37. The molecule has 0 amide bonds. The zero-order valence-corrected chi connectivity index (χ0v) is 19.1. The first kappa shape index (κ1) is 19.6. The molecule has 158 valence electrons. The smallest absolute Gasteiger partial charge is 0.0757 e. The summed E-state index contributed by atoms with van der Waals surface area (Å²) in [7, 11) is 2.34. The number of allylic oxidation sites excluding steroid dienone is 1. The highest BCUT2D eigenvalue weighted by Crippen LogP contribution is 2.70. The highest BCUT2D eigenvalue weighted by atomic mass is 16.3. The van der Waals surface area contributed by atoms with Crippen LogP contribution < -0.4 is 0 Å². The van der Waals surface area contributed by atoms with Crippen molar-refractivity contribution in [2.45, 2.75) is 85.3 Å². The van der Waals surface area contributed by atoms with Gasteiger partial charge in [-0.2, -0.15) is 0 Å². The molecule has 1 aliphatic heterocycles. The number of rotatable bonds is 1. The van der Waals surface area contributed by atoms with E-state index in [1.165, 1.54) is 45.1 Å². The van der Waals surface area contributed by atoms with E-state index in [2.05, 4.69) is 52.6 Å². The Bertz CT molecular complexity index is 669. The topological polar surface area (TPSA) is 23.5 Å². The minimum atomic E-state index is -0.201. The van der Waals surface area contributed by atoms with E-state index in [0.717, 1.165) is 29.6 Å². The molecule has 0 bridgehead atoms. The van der Waals surface area contributed by atoms with Crippen LogP contribution in [0.5, 0.6) is 0 Å². The molecule has 5 aliphatic rings. The van der Waals surface area contributed by atoms with E-state index in [1.54, 1.807) is 5.57 Å². The van der Waals surface area contributed by atoms with Gasteiger partial charge in [0.1, 0.15) is 0 Å². The predicted molar refractivity (Wildman–Crippen MR) is 116 cm³/mol. The van der Waals surface area contributed by atoms with E-state index in [-0.39, 0.29) is 6.10 Å². The molecule has 0 aromatic heterocycles. The molecule has 3 saturated carbocycles. The van der Waals surface area contributed by atoms with Gasteiger partial charge in [0.15, 0.2) is 0 Å². The van der Waals surface area contributed by atoms with Crippen LogP contribution in [0.3, 0.4) is 0 Å². The van der Waals surface area contributed by atoms with Crippen LogP contribution in [-0.4, -0.2) is 35.7 Å². The molecule has 4 fully saturated rings. The monoisotopic (exact) mass is 385 g/mol. The van der Waals surface area contributed by atoms with Crippen LogP contribution in [0.15, 0.2) is 11.6 Å². The molecule has 6 unspecified atom stereocenters. The van der Waals surface area contributed by atoms with Gasteiger partial charge in [-0.15, -0.1) is 0 Å². The number of fused-ring (bicyclic) bond motifs is 4. The van der Waals surface area contributed by atoms with Crippen molar-refractivity contribution in [1.82, 2.24) is 4.90 Å². The maximum Gasteiger partial charge on any atom is 0.0757 e. The second-order valence-corrected chi connectivity index (χ2v) is 12.3. The normalized spacial score (nSPS) is 56.1. The van der Waals surface area contributed by atoms with Crippen LogP contribution in [0.4, 0.5) is 0 Å². The lowest BCUT2D eigenvalue weighted by Gasteiger charge is -2.59. The first-order valence-corrected chi connectivity index (χ1v) is 12.3. The van der Waals surface area contributed by atoms with E-state index >= 15 is 0 Å². The standard InChI is InChI=1S/C26H43NO/c1-15(2)18-7-9-25(5)19(12-18)13-22(28)23-20(25)8-10-26-14-27(6)17(4)24(26)16(3)11-21(23)26/h13,15-18,20-24,28H,7-12,14H2,1-6H3/t16?,17?,18-,20?,21?,22?,23?,24+,25-,26+/m0/s1.